The van der Waals surface area contributed by atoms with E-state index in [2.05, 4.69) is 15.1 Å². The van der Waals surface area contributed by atoms with Crippen LogP contribution in [0, 0.1) is 5.82 Å². The van der Waals surface area contributed by atoms with E-state index in [0.29, 0.717) is 6.04 Å². The van der Waals surface area contributed by atoms with Crippen LogP contribution in [0.2, 0.25) is 0 Å². The van der Waals surface area contributed by atoms with Gasteiger partial charge >= 0.3 is 0 Å². The molecule has 1 atom stereocenters. The molecule has 0 spiro atoms. The Labute approximate surface area is 127 Å². The van der Waals surface area contributed by atoms with E-state index in [-0.39, 0.29) is 5.82 Å². The SMILES string of the molecule is Fc1ccc(C2CCN2Cc2ccc(-c3ccn[nH]3)o2)cc1. The fourth-order valence-corrected chi connectivity index (χ4v) is 2.89. The van der Waals surface area contributed by atoms with Crippen LogP contribution in [-0.2, 0) is 6.54 Å². The third kappa shape index (κ3) is 2.44. The maximum Gasteiger partial charge on any atom is 0.152 e. The Bertz CT molecular complexity index is 749. The lowest BCUT2D eigenvalue weighted by molar-refractivity contribution is 0.0739. The van der Waals surface area contributed by atoms with Crippen LogP contribution >= 0.6 is 0 Å². The summed E-state index contributed by atoms with van der Waals surface area (Å²) in [6.45, 7) is 1.79. The van der Waals surface area contributed by atoms with Crippen LogP contribution in [0.5, 0.6) is 0 Å². The van der Waals surface area contributed by atoms with E-state index in [1.165, 1.54) is 12.1 Å². The van der Waals surface area contributed by atoms with Crippen molar-refractivity contribution in [2.75, 3.05) is 6.54 Å². The van der Waals surface area contributed by atoms with Crippen molar-refractivity contribution in [1.29, 1.82) is 0 Å². The summed E-state index contributed by atoms with van der Waals surface area (Å²) in [5.41, 5.74) is 2.04. The monoisotopic (exact) mass is 297 g/mol. The zero-order chi connectivity index (χ0) is 14.9. The molecule has 1 unspecified atom stereocenters. The van der Waals surface area contributed by atoms with Crippen molar-refractivity contribution in [3.05, 3.63) is 65.8 Å². The van der Waals surface area contributed by atoms with Crippen molar-refractivity contribution in [3.63, 3.8) is 0 Å². The summed E-state index contributed by atoms with van der Waals surface area (Å²) in [6.07, 6.45) is 2.80. The molecule has 1 N–H and O–H groups in total. The maximum atomic E-state index is 13.0. The highest BCUT2D eigenvalue weighted by atomic mass is 19.1. The predicted octanol–water partition coefficient (Wildman–Crippen LogP) is 3.76. The molecule has 0 aliphatic carbocycles. The number of furan rings is 1. The minimum atomic E-state index is -0.190. The molecule has 0 radical (unpaired) electrons. The molecular formula is C17H16FN3O. The minimum Gasteiger partial charge on any atom is -0.458 e. The average Bonchev–Trinajstić information content (AvgIpc) is 3.17. The van der Waals surface area contributed by atoms with Gasteiger partial charge in [0.05, 0.1) is 6.54 Å². The molecule has 0 amide bonds. The lowest BCUT2D eigenvalue weighted by atomic mass is 9.94. The summed E-state index contributed by atoms with van der Waals surface area (Å²) >= 11 is 0. The number of aromatic nitrogens is 2. The fraction of sp³-hybridized carbons (Fsp3) is 0.235. The topological polar surface area (TPSA) is 45.1 Å². The number of H-pyrrole nitrogens is 1. The lowest BCUT2D eigenvalue weighted by Gasteiger charge is -2.40. The fourth-order valence-electron chi connectivity index (χ4n) is 2.89. The summed E-state index contributed by atoms with van der Waals surface area (Å²) in [5, 5.41) is 6.82. The van der Waals surface area contributed by atoms with Crippen molar-refractivity contribution in [1.82, 2.24) is 15.1 Å². The Kier molecular flexibility index (Phi) is 3.27. The molecular weight excluding hydrogens is 281 g/mol. The number of benzene rings is 1. The number of nitrogens with one attached hydrogen (secondary N) is 1. The summed E-state index contributed by atoms with van der Waals surface area (Å²) in [5.74, 6) is 1.53. The summed E-state index contributed by atoms with van der Waals surface area (Å²) in [7, 11) is 0. The molecule has 1 aromatic carbocycles. The van der Waals surface area contributed by atoms with Gasteiger partial charge in [0.25, 0.3) is 0 Å². The first-order valence-corrected chi connectivity index (χ1v) is 7.37. The van der Waals surface area contributed by atoms with Crippen molar-refractivity contribution in [3.8, 4) is 11.5 Å². The van der Waals surface area contributed by atoms with Gasteiger partial charge in [0, 0.05) is 18.8 Å². The second-order valence-corrected chi connectivity index (χ2v) is 5.56. The molecule has 3 heterocycles. The number of halogens is 1. The van der Waals surface area contributed by atoms with Crippen molar-refractivity contribution in [2.45, 2.75) is 19.0 Å². The number of aromatic amines is 1. The zero-order valence-electron chi connectivity index (χ0n) is 12.0. The smallest absolute Gasteiger partial charge is 0.152 e. The van der Waals surface area contributed by atoms with Gasteiger partial charge in [0.1, 0.15) is 17.3 Å². The van der Waals surface area contributed by atoms with Crippen LogP contribution in [0.1, 0.15) is 23.8 Å². The summed E-state index contributed by atoms with van der Waals surface area (Å²) in [6, 6.07) is 13.0. The van der Waals surface area contributed by atoms with Gasteiger partial charge in [-0.3, -0.25) is 10.00 Å². The normalized spacial score (nSPS) is 18.3. The molecule has 1 aliphatic heterocycles. The average molecular weight is 297 g/mol. The van der Waals surface area contributed by atoms with Crippen LogP contribution < -0.4 is 0 Å². The standard InChI is InChI=1S/C17H16FN3O/c18-13-3-1-12(2-4-13)16-8-10-21(16)11-14-5-6-17(22-14)15-7-9-19-20-15/h1-7,9,16H,8,10-11H2,(H,19,20). The van der Waals surface area contributed by atoms with E-state index in [4.69, 9.17) is 4.42 Å². The molecule has 22 heavy (non-hydrogen) atoms. The molecule has 3 aromatic rings. The molecule has 4 rings (SSSR count). The van der Waals surface area contributed by atoms with Gasteiger partial charge in [-0.2, -0.15) is 5.10 Å². The third-order valence-corrected chi connectivity index (χ3v) is 4.17. The number of likely N-dealkylation sites (tertiary alicyclic amines) is 1. The highest BCUT2D eigenvalue weighted by Gasteiger charge is 2.30. The van der Waals surface area contributed by atoms with E-state index in [1.54, 1.807) is 6.20 Å². The van der Waals surface area contributed by atoms with E-state index in [0.717, 1.165) is 42.3 Å². The van der Waals surface area contributed by atoms with Crippen LogP contribution in [0.25, 0.3) is 11.5 Å². The van der Waals surface area contributed by atoms with Gasteiger partial charge in [-0.1, -0.05) is 12.1 Å². The van der Waals surface area contributed by atoms with Crippen molar-refractivity contribution < 1.29 is 8.81 Å². The lowest BCUT2D eigenvalue weighted by Crippen LogP contribution is -2.40. The first-order chi connectivity index (χ1) is 10.8. The van der Waals surface area contributed by atoms with Gasteiger partial charge in [0.2, 0.25) is 0 Å². The first-order valence-electron chi connectivity index (χ1n) is 7.37. The van der Waals surface area contributed by atoms with Crippen LogP contribution in [-0.4, -0.2) is 21.6 Å². The Morgan fingerprint density at radius 3 is 2.73 bits per heavy atom. The molecule has 4 nitrogen and oxygen atoms in total. The van der Waals surface area contributed by atoms with Crippen LogP contribution in [0.15, 0.2) is 53.1 Å². The van der Waals surface area contributed by atoms with Crippen molar-refractivity contribution in [2.24, 2.45) is 0 Å². The number of hydrogen-bond donors (Lipinski definition) is 1. The Hall–Kier alpha value is -2.40. The molecule has 1 aliphatic rings. The quantitative estimate of drug-likeness (QED) is 0.797. The number of rotatable bonds is 4. The Morgan fingerprint density at radius 1 is 1.18 bits per heavy atom. The number of hydrogen-bond acceptors (Lipinski definition) is 3. The van der Waals surface area contributed by atoms with Gasteiger partial charge in [-0.25, -0.2) is 4.39 Å². The van der Waals surface area contributed by atoms with Gasteiger partial charge in [-0.15, -0.1) is 0 Å². The molecule has 5 heteroatoms. The first kappa shape index (κ1) is 13.3. The van der Waals surface area contributed by atoms with E-state index in [9.17, 15) is 4.39 Å². The second-order valence-electron chi connectivity index (χ2n) is 5.56. The van der Waals surface area contributed by atoms with E-state index in [1.807, 2.05) is 30.3 Å². The zero-order valence-corrected chi connectivity index (χ0v) is 12.0. The second kappa shape index (κ2) is 5.42. The highest BCUT2D eigenvalue weighted by Crippen LogP contribution is 2.35. The molecule has 112 valence electrons. The van der Waals surface area contributed by atoms with Gasteiger partial charge in [0.15, 0.2) is 5.76 Å². The Balaban J connectivity index is 1.46. The van der Waals surface area contributed by atoms with Gasteiger partial charge < -0.3 is 4.42 Å². The summed E-state index contributed by atoms with van der Waals surface area (Å²) in [4.78, 5) is 2.34. The van der Waals surface area contributed by atoms with Crippen LogP contribution in [0.4, 0.5) is 4.39 Å². The summed E-state index contributed by atoms with van der Waals surface area (Å²) < 4.78 is 18.9. The number of nitrogens with zero attached hydrogens (tertiary/aromatic N) is 2. The molecule has 1 saturated heterocycles. The van der Waals surface area contributed by atoms with Gasteiger partial charge in [-0.05, 0) is 42.3 Å². The largest absolute Gasteiger partial charge is 0.458 e. The van der Waals surface area contributed by atoms with E-state index < -0.39 is 0 Å². The predicted molar refractivity (Wildman–Crippen MR) is 80.5 cm³/mol. The third-order valence-electron chi connectivity index (χ3n) is 4.17. The molecule has 2 aromatic heterocycles. The van der Waals surface area contributed by atoms with E-state index >= 15 is 0 Å². The minimum absolute atomic E-state index is 0.190. The molecule has 0 bridgehead atoms. The Morgan fingerprint density at radius 2 is 2.05 bits per heavy atom. The highest BCUT2D eigenvalue weighted by molar-refractivity contribution is 5.51. The molecule has 0 saturated carbocycles. The molecule has 1 fully saturated rings. The maximum absolute atomic E-state index is 13.0. The van der Waals surface area contributed by atoms with Crippen LogP contribution in [0.3, 0.4) is 0 Å². The van der Waals surface area contributed by atoms with Crippen molar-refractivity contribution >= 4 is 0 Å².